The SMILES string of the molecule is Cc1cccc(OCCNCc2c(Cl)cccc2Cl)c1. The van der Waals surface area contributed by atoms with Crippen LogP contribution in [0.5, 0.6) is 5.75 Å². The lowest BCUT2D eigenvalue weighted by atomic mass is 10.2. The number of nitrogens with one attached hydrogen (secondary N) is 1. The number of ether oxygens (including phenoxy) is 1. The molecule has 1 N–H and O–H groups in total. The predicted octanol–water partition coefficient (Wildman–Crippen LogP) is 4.47. The molecule has 0 fully saturated rings. The maximum Gasteiger partial charge on any atom is 0.119 e. The van der Waals surface area contributed by atoms with Gasteiger partial charge in [0.25, 0.3) is 0 Å². The number of benzene rings is 2. The first-order valence-electron chi connectivity index (χ1n) is 6.50. The lowest BCUT2D eigenvalue weighted by molar-refractivity contribution is 0.313. The Labute approximate surface area is 129 Å². The highest BCUT2D eigenvalue weighted by Crippen LogP contribution is 2.23. The van der Waals surface area contributed by atoms with Gasteiger partial charge in [-0.1, -0.05) is 41.4 Å². The van der Waals surface area contributed by atoms with Crippen molar-refractivity contribution in [2.45, 2.75) is 13.5 Å². The second-order valence-electron chi connectivity index (χ2n) is 4.54. The number of rotatable bonds is 6. The van der Waals surface area contributed by atoms with Gasteiger partial charge < -0.3 is 10.1 Å². The van der Waals surface area contributed by atoms with Gasteiger partial charge in [0.05, 0.1) is 0 Å². The second-order valence-corrected chi connectivity index (χ2v) is 5.36. The highest BCUT2D eigenvalue weighted by atomic mass is 35.5. The largest absolute Gasteiger partial charge is 0.492 e. The van der Waals surface area contributed by atoms with Crippen LogP contribution in [0, 0.1) is 6.92 Å². The van der Waals surface area contributed by atoms with Gasteiger partial charge in [-0.15, -0.1) is 0 Å². The van der Waals surface area contributed by atoms with Crippen molar-refractivity contribution in [2.24, 2.45) is 0 Å². The molecule has 4 heteroatoms. The average molecular weight is 310 g/mol. The van der Waals surface area contributed by atoms with Crippen LogP contribution in [0.4, 0.5) is 0 Å². The predicted molar refractivity (Wildman–Crippen MR) is 84.8 cm³/mol. The van der Waals surface area contributed by atoms with Crippen LogP contribution in [-0.4, -0.2) is 13.2 Å². The van der Waals surface area contributed by atoms with Crippen molar-refractivity contribution in [1.82, 2.24) is 5.32 Å². The minimum absolute atomic E-state index is 0.603. The summed E-state index contributed by atoms with van der Waals surface area (Å²) in [6.45, 7) is 4.02. The minimum Gasteiger partial charge on any atom is -0.492 e. The fraction of sp³-hybridized carbons (Fsp3) is 0.250. The molecule has 106 valence electrons. The summed E-state index contributed by atoms with van der Waals surface area (Å²) in [7, 11) is 0. The van der Waals surface area contributed by atoms with Gasteiger partial charge in [0.1, 0.15) is 12.4 Å². The Balaban J connectivity index is 1.74. The first kappa shape index (κ1) is 15.2. The van der Waals surface area contributed by atoms with Crippen LogP contribution in [0.1, 0.15) is 11.1 Å². The molecule has 0 aliphatic rings. The van der Waals surface area contributed by atoms with Crippen LogP contribution in [0.3, 0.4) is 0 Å². The summed E-state index contributed by atoms with van der Waals surface area (Å²) in [5.74, 6) is 0.891. The number of aryl methyl sites for hydroxylation is 1. The van der Waals surface area contributed by atoms with Crippen molar-refractivity contribution in [1.29, 1.82) is 0 Å². The zero-order valence-corrected chi connectivity index (χ0v) is 12.8. The second kappa shape index (κ2) is 7.53. The van der Waals surface area contributed by atoms with Gasteiger partial charge in [-0.2, -0.15) is 0 Å². The summed E-state index contributed by atoms with van der Waals surface area (Å²) < 4.78 is 5.66. The van der Waals surface area contributed by atoms with Gasteiger partial charge in [0, 0.05) is 28.7 Å². The zero-order valence-electron chi connectivity index (χ0n) is 11.3. The van der Waals surface area contributed by atoms with E-state index >= 15 is 0 Å². The molecule has 0 amide bonds. The van der Waals surface area contributed by atoms with E-state index < -0.39 is 0 Å². The van der Waals surface area contributed by atoms with Gasteiger partial charge in [0.15, 0.2) is 0 Å². The molecule has 0 saturated carbocycles. The van der Waals surface area contributed by atoms with Crippen LogP contribution in [0.2, 0.25) is 10.0 Å². The van der Waals surface area contributed by atoms with Crippen molar-refractivity contribution in [2.75, 3.05) is 13.2 Å². The zero-order chi connectivity index (χ0) is 14.4. The molecule has 0 aliphatic heterocycles. The summed E-state index contributed by atoms with van der Waals surface area (Å²) in [6, 6.07) is 13.5. The molecule has 2 nitrogen and oxygen atoms in total. The Morgan fingerprint density at radius 3 is 2.45 bits per heavy atom. The quantitative estimate of drug-likeness (QED) is 0.795. The summed E-state index contributed by atoms with van der Waals surface area (Å²) in [6.07, 6.45) is 0. The normalized spacial score (nSPS) is 10.6. The molecule has 0 unspecified atom stereocenters. The van der Waals surface area contributed by atoms with Crippen molar-refractivity contribution in [3.8, 4) is 5.75 Å². The van der Waals surface area contributed by atoms with E-state index in [1.807, 2.05) is 49.4 Å². The third-order valence-corrected chi connectivity index (χ3v) is 3.61. The van der Waals surface area contributed by atoms with Crippen molar-refractivity contribution >= 4 is 23.2 Å². The Hall–Kier alpha value is -1.22. The summed E-state index contributed by atoms with van der Waals surface area (Å²) in [4.78, 5) is 0. The third-order valence-electron chi connectivity index (χ3n) is 2.90. The van der Waals surface area contributed by atoms with E-state index in [4.69, 9.17) is 27.9 Å². The molecule has 2 aromatic rings. The van der Waals surface area contributed by atoms with Crippen molar-refractivity contribution in [3.05, 3.63) is 63.6 Å². The molecule has 0 atom stereocenters. The van der Waals surface area contributed by atoms with Gasteiger partial charge in [-0.05, 0) is 36.8 Å². The molecule has 2 rings (SSSR count). The summed E-state index contributed by atoms with van der Waals surface area (Å²) >= 11 is 12.2. The topological polar surface area (TPSA) is 21.3 Å². The molecule has 0 bridgehead atoms. The molecule has 0 saturated heterocycles. The Morgan fingerprint density at radius 1 is 1.05 bits per heavy atom. The third kappa shape index (κ3) is 4.41. The van der Waals surface area contributed by atoms with Gasteiger partial charge >= 0.3 is 0 Å². The molecule has 0 spiro atoms. The number of hydrogen-bond donors (Lipinski definition) is 1. The first-order chi connectivity index (χ1) is 9.66. The molecular formula is C16H17Cl2NO. The Kier molecular flexibility index (Phi) is 5.72. The average Bonchev–Trinajstić information content (AvgIpc) is 2.41. The standard InChI is InChI=1S/C16H17Cl2NO/c1-12-4-2-5-13(10-12)20-9-8-19-11-14-15(17)6-3-7-16(14)18/h2-7,10,19H,8-9,11H2,1H3. The fourth-order valence-electron chi connectivity index (χ4n) is 1.86. The van der Waals surface area contributed by atoms with E-state index in [-0.39, 0.29) is 0 Å². The number of hydrogen-bond acceptors (Lipinski definition) is 2. The Bertz CT molecular complexity index is 552. The van der Waals surface area contributed by atoms with Crippen LogP contribution >= 0.6 is 23.2 Å². The van der Waals surface area contributed by atoms with Gasteiger partial charge in [-0.3, -0.25) is 0 Å². The van der Waals surface area contributed by atoms with Gasteiger partial charge in [-0.25, -0.2) is 0 Å². The molecule has 20 heavy (non-hydrogen) atoms. The van der Waals surface area contributed by atoms with E-state index in [2.05, 4.69) is 5.32 Å². The van der Waals surface area contributed by atoms with E-state index in [1.54, 1.807) is 0 Å². The van der Waals surface area contributed by atoms with E-state index in [9.17, 15) is 0 Å². The monoisotopic (exact) mass is 309 g/mol. The molecule has 0 aromatic heterocycles. The maximum atomic E-state index is 6.10. The van der Waals surface area contributed by atoms with Crippen molar-refractivity contribution in [3.63, 3.8) is 0 Å². The first-order valence-corrected chi connectivity index (χ1v) is 7.25. The van der Waals surface area contributed by atoms with E-state index in [0.29, 0.717) is 23.2 Å². The van der Waals surface area contributed by atoms with E-state index in [1.165, 1.54) is 5.56 Å². The van der Waals surface area contributed by atoms with Crippen LogP contribution < -0.4 is 10.1 Å². The molecule has 0 radical (unpaired) electrons. The van der Waals surface area contributed by atoms with Crippen LogP contribution in [-0.2, 0) is 6.54 Å². The highest BCUT2D eigenvalue weighted by molar-refractivity contribution is 6.35. The Morgan fingerprint density at radius 2 is 1.75 bits per heavy atom. The summed E-state index contributed by atoms with van der Waals surface area (Å²) in [5.41, 5.74) is 2.12. The smallest absolute Gasteiger partial charge is 0.119 e. The molecule has 0 aliphatic carbocycles. The van der Waals surface area contributed by atoms with Crippen LogP contribution in [0.15, 0.2) is 42.5 Å². The molecule has 2 aromatic carbocycles. The molecule has 0 heterocycles. The van der Waals surface area contributed by atoms with Crippen molar-refractivity contribution < 1.29 is 4.74 Å². The lowest BCUT2D eigenvalue weighted by Crippen LogP contribution is -2.21. The highest BCUT2D eigenvalue weighted by Gasteiger charge is 2.04. The fourth-order valence-corrected chi connectivity index (χ4v) is 2.39. The van der Waals surface area contributed by atoms with E-state index in [0.717, 1.165) is 17.9 Å². The molecular weight excluding hydrogens is 293 g/mol. The van der Waals surface area contributed by atoms with Crippen LogP contribution in [0.25, 0.3) is 0 Å². The minimum atomic E-state index is 0.603. The summed E-state index contributed by atoms with van der Waals surface area (Å²) in [5, 5.41) is 4.64. The van der Waals surface area contributed by atoms with Gasteiger partial charge in [0.2, 0.25) is 0 Å². The number of halogens is 2. The lowest BCUT2D eigenvalue weighted by Gasteiger charge is -2.10. The maximum absolute atomic E-state index is 6.10.